The zero-order valence-corrected chi connectivity index (χ0v) is 14.5. The minimum Gasteiger partial charge on any atom is -0.360 e. The standard InChI is InChI=1S/C20H22N4O/c1-16-7-9-17(10-8-16)20-21-19(25-22-20)15-23-11-13-24(14-12-23)18-5-3-2-4-6-18/h2-10H,11-15H2,1H3/p+1. The number of nitrogens with one attached hydrogen (secondary N) is 1. The van der Waals surface area contributed by atoms with Crippen molar-refractivity contribution in [1.82, 2.24) is 10.1 Å². The molecule has 1 aliphatic heterocycles. The molecule has 0 atom stereocenters. The van der Waals surface area contributed by atoms with Crippen LogP contribution in [0.5, 0.6) is 0 Å². The molecule has 0 bridgehead atoms. The minimum atomic E-state index is 0.678. The molecule has 0 saturated carbocycles. The molecule has 5 nitrogen and oxygen atoms in total. The Morgan fingerprint density at radius 3 is 2.44 bits per heavy atom. The molecule has 1 saturated heterocycles. The zero-order chi connectivity index (χ0) is 17.1. The van der Waals surface area contributed by atoms with E-state index in [1.54, 1.807) is 0 Å². The number of aromatic nitrogens is 2. The second kappa shape index (κ2) is 7.07. The van der Waals surface area contributed by atoms with Crippen LogP contribution in [-0.4, -0.2) is 36.3 Å². The third-order valence-corrected chi connectivity index (χ3v) is 4.77. The normalized spacial score (nSPS) is 15.5. The Bertz CT molecular complexity index is 805. The number of para-hydroxylation sites is 1. The number of quaternary nitrogens is 1. The summed E-state index contributed by atoms with van der Waals surface area (Å²) in [6.45, 7) is 7.14. The number of hydrogen-bond donors (Lipinski definition) is 1. The van der Waals surface area contributed by atoms with Crippen LogP contribution in [0.3, 0.4) is 0 Å². The van der Waals surface area contributed by atoms with Crippen LogP contribution >= 0.6 is 0 Å². The van der Waals surface area contributed by atoms with Gasteiger partial charge in [-0.2, -0.15) is 4.98 Å². The Balaban J connectivity index is 1.35. The van der Waals surface area contributed by atoms with Gasteiger partial charge in [0.15, 0.2) is 6.54 Å². The zero-order valence-electron chi connectivity index (χ0n) is 14.5. The molecule has 25 heavy (non-hydrogen) atoms. The average Bonchev–Trinajstić information content (AvgIpc) is 3.12. The van der Waals surface area contributed by atoms with Gasteiger partial charge in [0.1, 0.15) is 0 Å². The first-order valence-electron chi connectivity index (χ1n) is 8.81. The van der Waals surface area contributed by atoms with Crippen LogP contribution in [0.2, 0.25) is 0 Å². The van der Waals surface area contributed by atoms with Gasteiger partial charge in [-0.25, -0.2) is 0 Å². The molecule has 128 valence electrons. The number of piperazine rings is 1. The third-order valence-electron chi connectivity index (χ3n) is 4.77. The van der Waals surface area contributed by atoms with E-state index in [0.29, 0.717) is 5.82 Å². The van der Waals surface area contributed by atoms with Gasteiger partial charge in [-0.05, 0) is 19.1 Å². The highest BCUT2D eigenvalue weighted by molar-refractivity contribution is 5.54. The summed E-state index contributed by atoms with van der Waals surface area (Å²) in [6.07, 6.45) is 0. The van der Waals surface area contributed by atoms with Crippen LogP contribution in [-0.2, 0) is 6.54 Å². The van der Waals surface area contributed by atoms with Crippen molar-refractivity contribution in [3.05, 3.63) is 66.1 Å². The number of anilines is 1. The van der Waals surface area contributed by atoms with Crippen molar-refractivity contribution in [1.29, 1.82) is 0 Å². The molecule has 0 unspecified atom stereocenters. The molecule has 0 amide bonds. The first-order chi connectivity index (χ1) is 12.3. The quantitative estimate of drug-likeness (QED) is 0.792. The van der Waals surface area contributed by atoms with Gasteiger partial charge in [-0.3, -0.25) is 0 Å². The van der Waals surface area contributed by atoms with Gasteiger partial charge in [-0.15, -0.1) is 0 Å². The Hall–Kier alpha value is -2.66. The summed E-state index contributed by atoms with van der Waals surface area (Å²) in [7, 11) is 0. The molecular weight excluding hydrogens is 312 g/mol. The summed E-state index contributed by atoms with van der Waals surface area (Å²) < 4.78 is 5.47. The van der Waals surface area contributed by atoms with E-state index in [1.165, 1.54) is 16.2 Å². The molecule has 0 spiro atoms. The Morgan fingerprint density at radius 1 is 1.00 bits per heavy atom. The Morgan fingerprint density at radius 2 is 1.72 bits per heavy atom. The van der Waals surface area contributed by atoms with Gasteiger partial charge in [0, 0.05) is 11.3 Å². The van der Waals surface area contributed by atoms with E-state index < -0.39 is 0 Å². The summed E-state index contributed by atoms with van der Waals surface area (Å²) >= 11 is 0. The van der Waals surface area contributed by atoms with Crippen molar-refractivity contribution in [2.75, 3.05) is 31.1 Å². The number of benzene rings is 2. The maximum Gasteiger partial charge on any atom is 0.282 e. The summed E-state index contributed by atoms with van der Waals surface area (Å²) in [5, 5.41) is 4.13. The summed E-state index contributed by atoms with van der Waals surface area (Å²) in [5.41, 5.74) is 3.54. The summed E-state index contributed by atoms with van der Waals surface area (Å²) in [5.74, 6) is 1.40. The first-order valence-corrected chi connectivity index (χ1v) is 8.81. The molecule has 1 aliphatic rings. The van der Waals surface area contributed by atoms with Crippen molar-refractivity contribution >= 4 is 5.69 Å². The highest BCUT2D eigenvalue weighted by Gasteiger charge is 2.22. The average molecular weight is 335 g/mol. The minimum absolute atomic E-state index is 0.678. The molecule has 1 aromatic heterocycles. The number of aryl methyl sites for hydroxylation is 1. The predicted octanol–water partition coefficient (Wildman–Crippen LogP) is 1.95. The van der Waals surface area contributed by atoms with E-state index in [-0.39, 0.29) is 0 Å². The highest BCUT2D eigenvalue weighted by Crippen LogP contribution is 2.16. The topological polar surface area (TPSA) is 46.6 Å². The molecule has 2 aromatic carbocycles. The molecule has 0 radical (unpaired) electrons. The third kappa shape index (κ3) is 3.72. The van der Waals surface area contributed by atoms with E-state index in [2.05, 4.69) is 64.4 Å². The molecule has 0 aliphatic carbocycles. The first kappa shape index (κ1) is 15.8. The lowest BCUT2D eigenvalue weighted by Gasteiger charge is -2.33. The highest BCUT2D eigenvalue weighted by atomic mass is 16.5. The van der Waals surface area contributed by atoms with Crippen molar-refractivity contribution in [2.24, 2.45) is 0 Å². The van der Waals surface area contributed by atoms with Crippen LogP contribution < -0.4 is 9.80 Å². The van der Waals surface area contributed by atoms with Gasteiger partial charge in [-0.1, -0.05) is 53.2 Å². The molecule has 5 heteroatoms. The van der Waals surface area contributed by atoms with E-state index in [4.69, 9.17) is 4.52 Å². The molecule has 1 N–H and O–H groups in total. The van der Waals surface area contributed by atoms with E-state index in [1.807, 2.05) is 12.1 Å². The van der Waals surface area contributed by atoms with Crippen molar-refractivity contribution in [3.63, 3.8) is 0 Å². The number of hydrogen-bond acceptors (Lipinski definition) is 4. The lowest BCUT2D eigenvalue weighted by atomic mass is 10.1. The summed E-state index contributed by atoms with van der Waals surface area (Å²) in [4.78, 5) is 8.50. The fraction of sp³-hybridized carbons (Fsp3) is 0.300. The monoisotopic (exact) mass is 335 g/mol. The molecular formula is C20H23N4O+. The van der Waals surface area contributed by atoms with Crippen LogP contribution in [0.1, 0.15) is 11.5 Å². The maximum atomic E-state index is 5.47. The fourth-order valence-corrected chi connectivity index (χ4v) is 3.26. The number of rotatable bonds is 4. The van der Waals surface area contributed by atoms with Crippen LogP contribution in [0.25, 0.3) is 11.4 Å². The Kier molecular flexibility index (Phi) is 4.48. The fourth-order valence-electron chi connectivity index (χ4n) is 3.26. The number of nitrogens with zero attached hydrogens (tertiary/aromatic N) is 3. The van der Waals surface area contributed by atoms with Crippen LogP contribution in [0.4, 0.5) is 5.69 Å². The van der Waals surface area contributed by atoms with E-state index in [0.717, 1.165) is 44.2 Å². The second-order valence-corrected chi connectivity index (χ2v) is 6.63. The largest absolute Gasteiger partial charge is 0.360 e. The maximum absolute atomic E-state index is 5.47. The van der Waals surface area contributed by atoms with E-state index >= 15 is 0 Å². The van der Waals surface area contributed by atoms with Gasteiger partial charge in [0.25, 0.3) is 5.89 Å². The predicted molar refractivity (Wildman–Crippen MR) is 97.5 cm³/mol. The SMILES string of the molecule is Cc1ccc(-c2noc(C[NH+]3CCN(c4ccccc4)CC3)n2)cc1. The molecule has 2 heterocycles. The van der Waals surface area contributed by atoms with Gasteiger partial charge in [0.05, 0.1) is 26.2 Å². The van der Waals surface area contributed by atoms with Gasteiger partial charge in [0.2, 0.25) is 5.82 Å². The van der Waals surface area contributed by atoms with Gasteiger partial charge < -0.3 is 14.3 Å². The molecule has 3 aromatic rings. The second-order valence-electron chi connectivity index (χ2n) is 6.63. The van der Waals surface area contributed by atoms with Crippen molar-refractivity contribution in [2.45, 2.75) is 13.5 Å². The summed E-state index contributed by atoms with van der Waals surface area (Å²) in [6, 6.07) is 18.8. The van der Waals surface area contributed by atoms with Crippen molar-refractivity contribution in [3.8, 4) is 11.4 Å². The lowest BCUT2D eigenvalue weighted by molar-refractivity contribution is -0.915. The Labute approximate surface area is 147 Å². The molecule has 1 fully saturated rings. The van der Waals surface area contributed by atoms with E-state index in [9.17, 15) is 0 Å². The van der Waals surface area contributed by atoms with Gasteiger partial charge >= 0.3 is 0 Å². The van der Waals surface area contributed by atoms with Crippen LogP contribution in [0.15, 0.2) is 59.1 Å². The van der Waals surface area contributed by atoms with Crippen LogP contribution in [0, 0.1) is 6.92 Å². The van der Waals surface area contributed by atoms with Crippen molar-refractivity contribution < 1.29 is 9.42 Å². The lowest BCUT2D eigenvalue weighted by Crippen LogP contribution is -3.13. The molecule has 4 rings (SSSR count). The smallest absolute Gasteiger partial charge is 0.282 e.